The van der Waals surface area contributed by atoms with Gasteiger partial charge in [-0.15, -0.1) is 0 Å². The summed E-state index contributed by atoms with van der Waals surface area (Å²) >= 11 is 0. The average Bonchev–Trinajstić information content (AvgIpc) is 2.56. The monoisotopic (exact) mass is 320 g/mol. The molecule has 0 amide bonds. The molecule has 0 aromatic rings. The van der Waals surface area contributed by atoms with Gasteiger partial charge in [0.25, 0.3) is 0 Å². The highest BCUT2D eigenvalue weighted by molar-refractivity contribution is 7.87. The highest BCUT2D eigenvalue weighted by Crippen LogP contribution is 2.36. The summed E-state index contributed by atoms with van der Waals surface area (Å²) in [5.41, 5.74) is -5.64. The van der Waals surface area contributed by atoms with E-state index in [1.54, 1.807) is 0 Å². The van der Waals surface area contributed by atoms with Gasteiger partial charge in [-0.05, 0) is 13.8 Å². The molecule has 11 heteroatoms. The van der Waals surface area contributed by atoms with Crippen LogP contribution in [0.1, 0.15) is 13.8 Å². The zero-order valence-electron chi connectivity index (χ0n) is 10.3. The minimum Gasteiger partial charge on any atom is -0.461 e. The van der Waals surface area contributed by atoms with Gasteiger partial charge < -0.3 is 14.2 Å². The number of hydrogen-bond donors (Lipinski definition) is 0. The SMILES string of the molecule is CC1(C)OC2COC(=O)C(OS(=O)(=O)C(F)(F)F)C2O1. The molecule has 0 radical (unpaired) electrons. The van der Waals surface area contributed by atoms with E-state index in [9.17, 15) is 26.4 Å². The Hall–Kier alpha value is -0.910. The molecule has 2 fully saturated rings. The number of alkyl halides is 3. The van der Waals surface area contributed by atoms with Gasteiger partial charge in [-0.2, -0.15) is 21.6 Å². The summed E-state index contributed by atoms with van der Waals surface area (Å²) in [4.78, 5) is 11.4. The van der Waals surface area contributed by atoms with E-state index in [-0.39, 0.29) is 6.61 Å². The second-order valence-electron chi connectivity index (χ2n) is 4.69. The van der Waals surface area contributed by atoms with Crippen molar-refractivity contribution in [3.05, 3.63) is 0 Å². The fourth-order valence-electron chi connectivity index (χ4n) is 1.91. The summed E-state index contributed by atoms with van der Waals surface area (Å²) in [5.74, 6) is -2.44. The highest BCUT2D eigenvalue weighted by atomic mass is 32.2. The zero-order chi connectivity index (χ0) is 15.3. The summed E-state index contributed by atoms with van der Waals surface area (Å²) in [6, 6.07) is 0. The quantitative estimate of drug-likeness (QED) is 0.411. The van der Waals surface area contributed by atoms with Crippen molar-refractivity contribution in [2.45, 2.75) is 43.5 Å². The van der Waals surface area contributed by atoms with Crippen molar-refractivity contribution in [3.63, 3.8) is 0 Å². The summed E-state index contributed by atoms with van der Waals surface area (Å²) in [6.07, 6.45) is -4.23. The number of carbonyl (C=O) groups excluding carboxylic acids is 1. The van der Waals surface area contributed by atoms with Crippen LogP contribution < -0.4 is 0 Å². The molecule has 0 saturated carbocycles. The minimum atomic E-state index is -5.94. The highest BCUT2D eigenvalue weighted by Gasteiger charge is 2.57. The zero-order valence-corrected chi connectivity index (χ0v) is 11.2. The van der Waals surface area contributed by atoms with Gasteiger partial charge in [-0.3, -0.25) is 0 Å². The van der Waals surface area contributed by atoms with Crippen molar-refractivity contribution >= 4 is 16.1 Å². The fraction of sp³-hybridized carbons (Fsp3) is 0.889. The van der Waals surface area contributed by atoms with E-state index in [1.807, 2.05) is 0 Å². The lowest BCUT2D eigenvalue weighted by Gasteiger charge is -2.29. The van der Waals surface area contributed by atoms with E-state index in [2.05, 4.69) is 8.92 Å². The van der Waals surface area contributed by atoms with Crippen LogP contribution in [0.3, 0.4) is 0 Å². The minimum absolute atomic E-state index is 0.251. The van der Waals surface area contributed by atoms with E-state index in [4.69, 9.17) is 9.47 Å². The van der Waals surface area contributed by atoms with Gasteiger partial charge >= 0.3 is 21.6 Å². The van der Waals surface area contributed by atoms with E-state index in [0.29, 0.717) is 0 Å². The molecule has 0 bridgehead atoms. The molecule has 0 aliphatic carbocycles. The molecule has 2 aliphatic rings. The Labute approximate surface area is 112 Å². The van der Waals surface area contributed by atoms with Crippen molar-refractivity contribution in [2.75, 3.05) is 6.61 Å². The molecule has 2 heterocycles. The van der Waals surface area contributed by atoms with Gasteiger partial charge in [-0.1, -0.05) is 0 Å². The van der Waals surface area contributed by atoms with E-state index >= 15 is 0 Å². The molecule has 2 saturated heterocycles. The van der Waals surface area contributed by atoms with Crippen molar-refractivity contribution in [1.82, 2.24) is 0 Å². The second-order valence-corrected chi connectivity index (χ2v) is 6.25. The van der Waals surface area contributed by atoms with Gasteiger partial charge in [0.2, 0.25) is 6.10 Å². The van der Waals surface area contributed by atoms with E-state index < -0.39 is 45.7 Å². The Morgan fingerprint density at radius 3 is 2.45 bits per heavy atom. The molecule has 2 aliphatic heterocycles. The van der Waals surface area contributed by atoms with Crippen LogP contribution in [0, 0.1) is 0 Å². The van der Waals surface area contributed by atoms with Gasteiger partial charge in [0.15, 0.2) is 5.79 Å². The van der Waals surface area contributed by atoms with Crippen LogP contribution >= 0.6 is 0 Å². The van der Waals surface area contributed by atoms with Gasteiger partial charge in [0.1, 0.15) is 18.8 Å². The normalized spacial score (nSPS) is 33.6. The van der Waals surface area contributed by atoms with Gasteiger partial charge in [0, 0.05) is 0 Å². The maximum absolute atomic E-state index is 12.3. The number of carbonyl (C=O) groups is 1. The predicted molar refractivity (Wildman–Crippen MR) is 54.6 cm³/mol. The van der Waals surface area contributed by atoms with Crippen LogP contribution in [0.2, 0.25) is 0 Å². The lowest BCUT2D eigenvalue weighted by atomic mass is 10.1. The van der Waals surface area contributed by atoms with Crippen LogP contribution in [0.25, 0.3) is 0 Å². The first-order chi connectivity index (χ1) is 8.93. The Morgan fingerprint density at radius 1 is 1.30 bits per heavy atom. The van der Waals surface area contributed by atoms with Crippen molar-refractivity contribution in [1.29, 1.82) is 0 Å². The Bertz CT molecular complexity index is 512. The number of rotatable bonds is 2. The largest absolute Gasteiger partial charge is 0.523 e. The Morgan fingerprint density at radius 2 is 1.90 bits per heavy atom. The average molecular weight is 320 g/mol. The maximum Gasteiger partial charge on any atom is 0.523 e. The smallest absolute Gasteiger partial charge is 0.461 e. The molecule has 116 valence electrons. The summed E-state index contributed by atoms with van der Waals surface area (Å²) in [6.45, 7) is 2.68. The number of cyclic esters (lactones) is 1. The fourth-order valence-corrected chi connectivity index (χ4v) is 2.48. The first-order valence-electron chi connectivity index (χ1n) is 5.45. The number of halogens is 3. The van der Waals surface area contributed by atoms with Crippen molar-refractivity contribution in [2.24, 2.45) is 0 Å². The summed E-state index contributed by atoms with van der Waals surface area (Å²) in [5, 5.41) is 0. The molecular weight excluding hydrogens is 309 g/mol. The van der Waals surface area contributed by atoms with Crippen molar-refractivity contribution in [3.8, 4) is 0 Å². The Balaban J connectivity index is 2.24. The number of fused-ring (bicyclic) bond motifs is 1. The molecule has 0 aromatic heterocycles. The maximum atomic E-state index is 12.3. The van der Waals surface area contributed by atoms with Crippen LogP contribution in [0.5, 0.6) is 0 Å². The lowest BCUT2D eigenvalue weighted by molar-refractivity contribution is -0.172. The first kappa shape index (κ1) is 15.5. The van der Waals surface area contributed by atoms with E-state index in [0.717, 1.165) is 0 Å². The molecule has 3 unspecified atom stereocenters. The third-order valence-electron chi connectivity index (χ3n) is 2.66. The van der Waals surface area contributed by atoms with Crippen LogP contribution in [-0.2, 0) is 33.3 Å². The molecule has 20 heavy (non-hydrogen) atoms. The third-order valence-corrected chi connectivity index (χ3v) is 3.68. The molecular formula is C9H11F3O7S. The molecule has 7 nitrogen and oxygen atoms in total. The number of esters is 1. The van der Waals surface area contributed by atoms with Crippen LogP contribution in [0.4, 0.5) is 13.2 Å². The third kappa shape index (κ3) is 2.75. The first-order valence-corrected chi connectivity index (χ1v) is 6.86. The van der Waals surface area contributed by atoms with Crippen LogP contribution in [0.15, 0.2) is 0 Å². The molecule has 0 N–H and O–H groups in total. The number of hydrogen-bond acceptors (Lipinski definition) is 7. The predicted octanol–water partition coefficient (Wildman–Crippen LogP) is 0.298. The lowest BCUT2D eigenvalue weighted by Crippen LogP contribution is -2.52. The molecule has 0 aromatic carbocycles. The summed E-state index contributed by atoms with van der Waals surface area (Å²) < 4.78 is 77.7. The molecule has 0 spiro atoms. The summed E-state index contributed by atoms with van der Waals surface area (Å²) in [7, 11) is -5.94. The topological polar surface area (TPSA) is 88.1 Å². The van der Waals surface area contributed by atoms with E-state index in [1.165, 1.54) is 13.8 Å². The van der Waals surface area contributed by atoms with Crippen molar-refractivity contribution < 1.29 is 44.8 Å². The van der Waals surface area contributed by atoms with Gasteiger partial charge in [0.05, 0.1) is 0 Å². The standard InChI is InChI=1S/C9H11F3O7S/c1-8(2)17-4-3-16-7(13)6(5(4)18-8)19-20(14,15)9(10,11)12/h4-6H,3H2,1-2H3. The Kier molecular flexibility index (Phi) is 3.52. The van der Waals surface area contributed by atoms with Gasteiger partial charge in [-0.25, -0.2) is 8.98 Å². The second kappa shape index (κ2) is 4.55. The molecule has 3 atom stereocenters. The van der Waals surface area contributed by atoms with Crippen LogP contribution in [-0.4, -0.2) is 50.6 Å². The number of ether oxygens (including phenoxy) is 3. The molecule has 2 rings (SSSR count).